The number of carbonyl (C=O) groups is 2. The third kappa shape index (κ3) is 5.99. The van der Waals surface area contributed by atoms with Crippen molar-refractivity contribution in [1.29, 1.82) is 0 Å². The number of carboxylic acids is 1. The van der Waals surface area contributed by atoms with Crippen molar-refractivity contribution in [2.24, 2.45) is 0 Å². The molecule has 228 valence electrons. The number of hydrogen-bond acceptors (Lipinski definition) is 6. The average molecular weight is 635 g/mol. The summed E-state index contributed by atoms with van der Waals surface area (Å²) in [6, 6.07) is 41.6. The fraction of sp³-hybridized carbons (Fsp3) is 0.0263. The lowest BCUT2D eigenvalue weighted by Gasteiger charge is -2.20. The fourth-order valence-corrected chi connectivity index (χ4v) is 6.55. The molecule has 1 atom stereocenters. The average Bonchev–Trinajstić information content (AvgIpc) is 3.11. The Labute approximate surface area is 273 Å². The number of nitrogens with zero attached hydrogens (tertiary/aromatic N) is 3. The molecular weight excluding hydrogens is 609 g/mol. The standard InChI is InChI=1S/C38H26N4O4S/c43-35(39-26-21-19-24(20-22-26)33-23-30(37(45)46)28-15-7-9-17-31(28)40-33)34(25-11-3-1-4-12-25)47-38-41-32-18-10-8-16-29(32)36(44)42(38)27-13-5-2-6-14-27/h1-23,34H,(H,39,43)(H,45,46). The second-order valence-corrected chi connectivity index (χ2v) is 11.8. The molecule has 2 N–H and O–H groups in total. The van der Waals surface area contributed by atoms with Crippen LogP contribution in [0.1, 0.15) is 21.2 Å². The highest BCUT2D eigenvalue weighted by Crippen LogP contribution is 2.37. The Hall–Kier alpha value is -6.06. The van der Waals surface area contributed by atoms with Crippen LogP contribution >= 0.6 is 11.8 Å². The van der Waals surface area contributed by atoms with E-state index in [2.05, 4.69) is 10.3 Å². The minimum absolute atomic E-state index is 0.169. The van der Waals surface area contributed by atoms with E-state index in [1.807, 2.05) is 72.8 Å². The molecule has 0 saturated carbocycles. The van der Waals surface area contributed by atoms with Gasteiger partial charge in [-0.15, -0.1) is 0 Å². The van der Waals surface area contributed by atoms with Crippen LogP contribution in [0.15, 0.2) is 149 Å². The zero-order valence-electron chi connectivity index (χ0n) is 24.8. The third-order valence-electron chi connectivity index (χ3n) is 7.72. The van der Waals surface area contributed by atoms with E-state index in [1.165, 1.54) is 11.8 Å². The summed E-state index contributed by atoms with van der Waals surface area (Å²) in [4.78, 5) is 49.3. The molecule has 0 aliphatic rings. The van der Waals surface area contributed by atoms with Crippen LogP contribution in [0, 0.1) is 0 Å². The van der Waals surface area contributed by atoms with Crippen LogP contribution in [0.25, 0.3) is 38.8 Å². The van der Waals surface area contributed by atoms with Crippen LogP contribution in [0.3, 0.4) is 0 Å². The number of aromatic carboxylic acids is 1. The quantitative estimate of drug-likeness (QED) is 0.130. The second-order valence-electron chi connectivity index (χ2n) is 10.7. The van der Waals surface area contributed by atoms with E-state index >= 15 is 0 Å². The largest absolute Gasteiger partial charge is 0.478 e. The zero-order valence-corrected chi connectivity index (χ0v) is 25.6. The monoisotopic (exact) mass is 634 g/mol. The normalized spacial score (nSPS) is 11.7. The van der Waals surface area contributed by atoms with E-state index in [4.69, 9.17) is 4.98 Å². The summed E-state index contributed by atoms with van der Waals surface area (Å²) in [5.41, 5.74) is 4.23. The van der Waals surface area contributed by atoms with Gasteiger partial charge in [0.1, 0.15) is 5.25 Å². The minimum atomic E-state index is -1.03. The molecule has 1 amide bonds. The smallest absolute Gasteiger partial charge is 0.336 e. The van der Waals surface area contributed by atoms with Gasteiger partial charge in [-0.05, 0) is 54.1 Å². The Morgan fingerprint density at radius 1 is 0.702 bits per heavy atom. The number of benzene rings is 5. The number of carboxylic acid groups (broad SMARTS) is 1. The number of thioether (sulfide) groups is 1. The summed E-state index contributed by atoms with van der Waals surface area (Å²) >= 11 is 1.20. The zero-order chi connectivity index (χ0) is 32.3. The van der Waals surface area contributed by atoms with Crippen molar-refractivity contribution >= 4 is 51.1 Å². The highest BCUT2D eigenvalue weighted by molar-refractivity contribution is 8.00. The Bertz CT molecular complexity index is 2330. The van der Waals surface area contributed by atoms with Gasteiger partial charge in [0, 0.05) is 16.6 Å². The summed E-state index contributed by atoms with van der Waals surface area (Å²) in [5, 5.41) is 13.5. The van der Waals surface area contributed by atoms with Crippen LogP contribution in [0.4, 0.5) is 5.69 Å². The predicted molar refractivity (Wildman–Crippen MR) is 185 cm³/mol. The van der Waals surface area contributed by atoms with Gasteiger partial charge in [-0.2, -0.15) is 0 Å². The molecule has 8 nitrogen and oxygen atoms in total. The summed E-state index contributed by atoms with van der Waals surface area (Å²) in [6.45, 7) is 0. The highest BCUT2D eigenvalue weighted by Gasteiger charge is 2.26. The third-order valence-corrected chi connectivity index (χ3v) is 8.92. The number of pyridine rings is 1. The van der Waals surface area contributed by atoms with Gasteiger partial charge in [-0.1, -0.05) is 103 Å². The van der Waals surface area contributed by atoms with Crippen LogP contribution < -0.4 is 10.9 Å². The summed E-state index contributed by atoms with van der Waals surface area (Å²) in [5.74, 6) is -1.33. The minimum Gasteiger partial charge on any atom is -0.478 e. The van der Waals surface area contributed by atoms with Crippen molar-refractivity contribution in [1.82, 2.24) is 14.5 Å². The van der Waals surface area contributed by atoms with Crippen molar-refractivity contribution in [2.45, 2.75) is 10.4 Å². The summed E-state index contributed by atoms with van der Waals surface area (Å²) < 4.78 is 1.55. The number of hydrogen-bond donors (Lipinski definition) is 2. The maximum atomic E-state index is 14.0. The number of para-hydroxylation sites is 3. The van der Waals surface area contributed by atoms with Crippen molar-refractivity contribution in [2.75, 3.05) is 5.32 Å². The molecule has 2 aromatic heterocycles. The van der Waals surface area contributed by atoms with Gasteiger partial charge in [-0.3, -0.25) is 14.2 Å². The van der Waals surface area contributed by atoms with Crippen molar-refractivity contribution in [3.05, 3.63) is 161 Å². The molecule has 1 unspecified atom stereocenters. The fourth-order valence-electron chi connectivity index (χ4n) is 5.43. The first-order chi connectivity index (χ1) is 23.0. The van der Waals surface area contributed by atoms with Crippen LogP contribution in [0.5, 0.6) is 0 Å². The molecule has 0 fully saturated rings. The summed E-state index contributed by atoms with van der Waals surface area (Å²) in [7, 11) is 0. The number of nitrogens with one attached hydrogen (secondary N) is 1. The maximum absolute atomic E-state index is 14.0. The van der Waals surface area contributed by atoms with Gasteiger partial charge in [0.2, 0.25) is 5.91 Å². The molecule has 2 heterocycles. The van der Waals surface area contributed by atoms with Gasteiger partial charge in [0.25, 0.3) is 5.56 Å². The molecule has 9 heteroatoms. The Kier molecular flexibility index (Phi) is 8.04. The molecule has 7 aromatic rings. The first-order valence-corrected chi connectivity index (χ1v) is 15.7. The van der Waals surface area contributed by atoms with Gasteiger partial charge in [0.15, 0.2) is 5.16 Å². The van der Waals surface area contributed by atoms with E-state index in [0.717, 1.165) is 5.56 Å². The Morgan fingerprint density at radius 3 is 1.98 bits per heavy atom. The molecule has 0 aliphatic heterocycles. The first kappa shape index (κ1) is 29.6. The number of amides is 1. The molecule has 5 aromatic carbocycles. The molecule has 0 spiro atoms. The summed E-state index contributed by atoms with van der Waals surface area (Å²) in [6.07, 6.45) is 0. The lowest BCUT2D eigenvalue weighted by atomic mass is 10.0. The lowest BCUT2D eigenvalue weighted by molar-refractivity contribution is -0.115. The van der Waals surface area contributed by atoms with E-state index in [-0.39, 0.29) is 17.0 Å². The maximum Gasteiger partial charge on any atom is 0.336 e. The van der Waals surface area contributed by atoms with Crippen molar-refractivity contribution in [3.8, 4) is 16.9 Å². The number of fused-ring (bicyclic) bond motifs is 2. The van der Waals surface area contributed by atoms with Crippen LogP contribution in [-0.4, -0.2) is 31.5 Å². The first-order valence-electron chi connectivity index (χ1n) is 14.8. The number of carbonyl (C=O) groups excluding carboxylic acids is 1. The molecule has 0 radical (unpaired) electrons. The van der Waals surface area contributed by atoms with Gasteiger partial charge in [0.05, 0.1) is 33.4 Å². The molecular formula is C38H26N4O4S. The Morgan fingerprint density at radius 2 is 1.30 bits per heavy atom. The van der Waals surface area contributed by atoms with E-state index in [1.54, 1.807) is 71.3 Å². The lowest BCUT2D eigenvalue weighted by Crippen LogP contribution is -2.24. The van der Waals surface area contributed by atoms with E-state index in [9.17, 15) is 19.5 Å². The molecule has 0 aliphatic carbocycles. The Balaban J connectivity index is 1.23. The van der Waals surface area contributed by atoms with Crippen LogP contribution in [-0.2, 0) is 4.79 Å². The number of anilines is 1. The SMILES string of the molecule is O=C(O)c1cc(-c2ccc(NC(=O)C(Sc3nc4ccccc4c(=O)n3-c3ccccc3)c3ccccc3)cc2)nc2ccccc12. The van der Waals surface area contributed by atoms with Gasteiger partial charge >= 0.3 is 5.97 Å². The topological polar surface area (TPSA) is 114 Å². The van der Waals surface area contributed by atoms with Crippen LogP contribution in [0.2, 0.25) is 0 Å². The highest BCUT2D eigenvalue weighted by atomic mass is 32.2. The number of rotatable bonds is 8. The molecule has 0 saturated heterocycles. The van der Waals surface area contributed by atoms with Crippen molar-refractivity contribution in [3.63, 3.8) is 0 Å². The molecule has 0 bridgehead atoms. The predicted octanol–water partition coefficient (Wildman–Crippen LogP) is 7.77. The van der Waals surface area contributed by atoms with E-state index < -0.39 is 11.2 Å². The molecule has 47 heavy (non-hydrogen) atoms. The number of aromatic nitrogens is 3. The van der Waals surface area contributed by atoms with Gasteiger partial charge in [-0.25, -0.2) is 14.8 Å². The van der Waals surface area contributed by atoms with E-state index in [0.29, 0.717) is 49.6 Å². The second kappa shape index (κ2) is 12.7. The van der Waals surface area contributed by atoms with Crippen molar-refractivity contribution < 1.29 is 14.7 Å². The van der Waals surface area contributed by atoms with Gasteiger partial charge < -0.3 is 10.4 Å². The molecule has 7 rings (SSSR count).